The third kappa shape index (κ3) is 2.79. The van der Waals surface area contributed by atoms with Crippen molar-refractivity contribution in [3.05, 3.63) is 58.1 Å². The number of hydrogen-bond donors (Lipinski definition) is 2. The van der Waals surface area contributed by atoms with E-state index in [1.54, 1.807) is 12.1 Å². The van der Waals surface area contributed by atoms with Gasteiger partial charge in [-0.25, -0.2) is 8.78 Å². The normalized spacial score (nSPS) is 10.4. The number of para-hydroxylation sites is 1. The zero-order valence-electron chi connectivity index (χ0n) is 9.25. The molecule has 94 valence electrons. The van der Waals surface area contributed by atoms with Crippen LogP contribution in [0.25, 0.3) is 0 Å². The molecule has 0 spiro atoms. The first kappa shape index (κ1) is 12.8. The highest BCUT2D eigenvalue weighted by Gasteiger charge is 2.09. The molecular formula is C13H10BrF2NO. The summed E-state index contributed by atoms with van der Waals surface area (Å²) in [5, 5.41) is 12.2. The summed E-state index contributed by atoms with van der Waals surface area (Å²) in [4.78, 5) is 0. The molecule has 0 aliphatic carbocycles. The molecular weight excluding hydrogens is 304 g/mol. The van der Waals surface area contributed by atoms with Crippen molar-refractivity contribution >= 4 is 21.6 Å². The van der Waals surface area contributed by atoms with Gasteiger partial charge >= 0.3 is 0 Å². The van der Waals surface area contributed by atoms with Gasteiger partial charge in [-0.1, -0.05) is 22.0 Å². The summed E-state index contributed by atoms with van der Waals surface area (Å²) < 4.78 is 27.5. The summed E-state index contributed by atoms with van der Waals surface area (Å²) in [7, 11) is 0. The molecule has 0 aliphatic heterocycles. The Kier molecular flexibility index (Phi) is 3.81. The van der Waals surface area contributed by atoms with E-state index in [1.165, 1.54) is 24.3 Å². The number of hydrogen-bond acceptors (Lipinski definition) is 2. The van der Waals surface area contributed by atoms with Crippen molar-refractivity contribution in [1.29, 1.82) is 0 Å². The fourth-order valence-corrected chi connectivity index (χ4v) is 1.95. The Morgan fingerprint density at radius 1 is 1.11 bits per heavy atom. The Bertz CT molecular complexity index is 555. The van der Waals surface area contributed by atoms with Gasteiger partial charge in [0.05, 0.1) is 0 Å². The predicted octanol–water partition coefficient (Wildman–Crippen LogP) is 4.05. The van der Waals surface area contributed by atoms with Crippen LogP contribution in [0.15, 0.2) is 40.9 Å². The van der Waals surface area contributed by atoms with E-state index in [1.807, 2.05) is 0 Å². The highest BCUT2D eigenvalue weighted by Crippen LogP contribution is 2.24. The highest BCUT2D eigenvalue weighted by atomic mass is 79.9. The van der Waals surface area contributed by atoms with Crippen LogP contribution in [-0.2, 0) is 6.54 Å². The molecule has 0 bridgehead atoms. The standard InChI is InChI=1S/C13H10BrF2NO/c14-9-4-5-12(18)8(6-9)7-17-13-10(15)2-1-3-11(13)16/h1-6,17-18H,7H2. The Hall–Kier alpha value is -1.62. The maximum absolute atomic E-state index is 13.4. The van der Waals surface area contributed by atoms with Crippen molar-refractivity contribution in [2.24, 2.45) is 0 Å². The lowest BCUT2D eigenvalue weighted by atomic mass is 10.2. The summed E-state index contributed by atoms with van der Waals surface area (Å²) in [6.45, 7) is 0.128. The van der Waals surface area contributed by atoms with Crippen LogP contribution in [0.4, 0.5) is 14.5 Å². The molecule has 2 aromatic carbocycles. The molecule has 0 unspecified atom stereocenters. The van der Waals surface area contributed by atoms with Crippen LogP contribution in [0, 0.1) is 11.6 Å². The second-order valence-electron chi connectivity index (χ2n) is 3.72. The summed E-state index contributed by atoms with van der Waals surface area (Å²) in [6.07, 6.45) is 0. The predicted molar refractivity (Wildman–Crippen MR) is 69.5 cm³/mol. The molecule has 0 saturated heterocycles. The van der Waals surface area contributed by atoms with E-state index in [9.17, 15) is 13.9 Å². The zero-order valence-corrected chi connectivity index (χ0v) is 10.8. The molecule has 0 saturated carbocycles. The average molecular weight is 314 g/mol. The molecule has 18 heavy (non-hydrogen) atoms. The number of anilines is 1. The average Bonchev–Trinajstić information content (AvgIpc) is 2.33. The Morgan fingerprint density at radius 2 is 1.78 bits per heavy atom. The van der Waals surface area contributed by atoms with Crippen LogP contribution < -0.4 is 5.32 Å². The van der Waals surface area contributed by atoms with E-state index in [0.29, 0.717) is 5.56 Å². The van der Waals surface area contributed by atoms with Crippen LogP contribution in [0.5, 0.6) is 5.75 Å². The van der Waals surface area contributed by atoms with Gasteiger partial charge in [0.15, 0.2) is 0 Å². The number of phenols is 1. The fourth-order valence-electron chi connectivity index (χ4n) is 1.55. The monoisotopic (exact) mass is 313 g/mol. The van der Waals surface area contributed by atoms with E-state index >= 15 is 0 Å². The number of aromatic hydroxyl groups is 1. The maximum Gasteiger partial charge on any atom is 0.149 e. The number of rotatable bonds is 3. The van der Waals surface area contributed by atoms with Gasteiger partial charge in [0.1, 0.15) is 23.1 Å². The van der Waals surface area contributed by atoms with Crippen molar-refractivity contribution in [2.45, 2.75) is 6.54 Å². The quantitative estimate of drug-likeness (QED) is 0.896. The molecule has 2 nitrogen and oxygen atoms in total. The Balaban J connectivity index is 2.19. The van der Waals surface area contributed by atoms with Crippen molar-refractivity contribution in [1.82, 2.24) is 0 Å². The molecule has 0 aliphatic rings. The number of halogens is 3. The molecule has 0 radical (unpaired) electrons. The third-order valence-electron chi connectivity index (χ3n) is 2.46. The van der Waals surface area contributed by atoms with Gasteiger partial charge in [-0.2, -0.15) is 0 Å². The van der Waals surface area contributed by atoms with Crippen molar-refractivity contribution in [2.75, 3.05) is 5.32 Å². The minimum absolute atomic E-state index is 0.0717. The lowest BCUT2D eigenvalue weighted by Crippen LogP contribution is -2.04. The maximum atomic E-state index is 13.4. The summed E-state index contributed by atoms with van der Waals surface area (Å²) >= 11 is 3.26. The molecule has 0 amide bonds. The van der Waals surface area contributed by atoms with Gasteiger partial charge in [-0.15, -0.1) is 0 Å². The van der Waals surface area contributed by atoms with E-state index in [0.717, 1.165) is 4.47 Å². The van der Waals surface area contributed by atoms with E-state index in [2.05, 4.69) is 21.2 Å². The minimum Gasteiger partial charge on any atom is -0.508 e. The molecule has 2 rings (SSSR count). The Labute approximate surface area is 111 Å². The van der Waals surface area contributed by atoms with Gasteiger partial charge in [-0.05, 0) is 30.3 Å². The first-order valence-electron chi connectivity index (χ1n) is 5.23. The van der Waals surface area contributed by atoms with Crippen LogP contribution in [0.2, 0.25) is 0 Å². The molecule has 0 heterocycles. The molecule has 0 fully saturated rings. The third-order valence-corrected chi connectivity index (χ3v) is 2.95. The van der Waals surface area contributed by atoms with Crippen molar-refractivity contribution < 1.29 is 13.9 Å². The van der Waals surface area contributed by atoms with Crippen LogP contribution >= 0.6 is 15.9 Å². The highest BCUT2D eigenvalue weighted by molar-refractivity contribution is 9.10. The van der Waals surface area contributed by atoms with Gasteiger partial charge in [0, 0.05) is 16.6 Å². The van der Waals surface area contributed by atoms with Gasteiger partial charge in [0.2, 0.25) is 0 Å². The van der Waals surface area contributed by atoms with E-state index in [4.69, 9.17) is 0 Å². The van der Waals surface area contributed by atoms with Gasteiger partial charge < -0.3 is 10.4 Å². The summed E-state index contributed by atoms with van der Waals surface area (Å²) in [6, 6.07) is 8.52. The lowest BCUT2D eigenvalue weighted by Gasteiger charge is -2.10. The second kappa shape index (κ2) is 5.35. The Morgan fingerprint density at radius 3 is 2.44 bits per heavy atom. The first-order chi connectivity index (χ1) is 8.58. The number of nitrogens with one attached hydrogen (secondary N) is 1. The molecule has 2 N–H and O–H groups in total. The number of phenolic OH excluding ortho intramolecular Hbond substituents is 1. The van der Waals surface area contributed by atoms with Crippen molar-refractivity contribution in [3.63, 3.8) is 0 Å². The zero-order chi connectivity index (χ0) is 13.1. The smallest absolute Gasteiger partial charge is 0.149 e. The van der Waals surface area contributed by atoms with Gasteiger partial charge in [0.25, 0.3) is 0 Å². The molecule has 0 aromatic heterocycles. The topological polar surface area (TPSA) is 32.3 Å². The molecule has 0 atom stereocenters. The summed E-state index contributed by atoms with van der Waals surface area (Å²) in [5.41, 5.74) is 0.351. The number of benzene rings is 2. The molecule has 2 aromatic rings. The minimum atomic E-state index is -0.663. The SMILES string of the molecule is Oc1ccc(Br)cc1CNc1c(F)cccc1F. The van der Waals surface area contributed by atoms with Crippen LogP contribution in [0.3, 0.4) is 0 Å². The van der Waals surface area contributed by atoms with Crippen LogP contribution in [0.1, 0.15) is 5.56 Å². The van der Waals surface area contributed by atoms with E-state index in [-0.39, 0.29) is 18.0 Å². The lowest BCUT2D eigenvalue weighted by molar-refractivity contribution is 0.469. The summed E-state index contributed by atoms with van der Waals surface area (Å²) in [5.74, 6) is -1.25. The van der Waals surface area contributed by atoms with E-state index < -0.39 is 11.6 Å². The van der Waals surface area contributed by atoms with Crippen molar-refractivity contribution in [3.8, 4) is 5.75 Å². The van der Waals surface area contributed by atoms with Crippen LogP contribution in [-0.4, -0.2) is 5.11 Å². The fraction of sp³-hybridized carbons (Fsp3) is 0.0769. The largest absolute Gasteiger partial charge is 0.508 e. The molecule has 5 heteroatoms. The second-order valence-corrected chi connectivity index (χ2v) is 4.64. The van der Waals surface area contributed by atoms with Gasteiger partial charge in [-0.3, -0.25) is 0 Å². The first-order valence-corrected chi connectivity index (χ1v) is 6.02.